The van der Waals surface area contributed by atoms with Crippen LogP contribution in [0.15, 0.2) is 12.3 Å². The van der Waals surface area contributed by atoms with Gasteiger partial charge in [-0.25, -0.2) is 4.98 Å². The first kappa shape index (κ1) is 13.6. The maximum absolute atomic E-state index is 5.76. The van der Waals surface area contributed by atoms with Gasteiger partial charge in [-0.1, -0.05) is 6.42 Å². The van der Waals surface area contributed by atoms with Gasteiger partial charge in [0, 0.05) is 25.8 Å². The first-order chi connectivity index (χ1) is 9.81. The Balaban J connectivity index is 1.58. The van der Waals surface area contributed by atoms with Crippen molar-refractivity contribution in [2.75, 3.05) is 43.4 Å². The van der Waals surface area contributed by atoms with Gasteiger partial charge >= 0.3 is 0 Å². The number of nitrogen functional groups attached to an aromatic ring is 1. The monoisotopic (exact) mass is 275 g/mol. The number of piperidine rings is 2. The summed E-state index contributed by atoms with van der Waals surface area (Å²) in [5.74, 6) is 2.10. The Morgan fingerprint density at radius 3 is 2.80 bits per heavy atom. The Bertz CT molecular complexity index is 430. The molecule has 2 saturated heterocycles. The van der Waals surface area contributed by atoms with Gasteiger partial charge in [0.2, 0.25) is 5.95 Å². The predicted molar refractivity (Wildman–Crippen MR) is 81.7 cm³/mol. The van der Waals surface area contributed by atoms with Gasteiger partial charge in [0.25, 0.3) is 0 Å². The molecule has 20 heavy (non-hydrogen) atoms. The highest BCUT2D eigenvalue weighted by Crippen LogP contribution is 2.22. The number of likely N-dealkylation sites (tertiary alicyclic amines) is 1. The topological polar surface area (TPSA) is 58.3 Å². The summed E-state index contributed by atoms with van der Waals surface area (Å²) in [5, 5.41) is 0. The van der Waals surface area contributed by atoms with Crippen LogP contribution >= 0.6 is 0 Å². The lowest BCUT2D eigenvalue weighted by atomic mass is 9.96. The van der Waals surface area contributed by atoms with Crippen molar-refractivity contribution in [1.29, 1.82) is 0 Å². The van der Waals surface area contributed by atoms with Crippen LogP contribution < -0.4 is 10.6 Å². The van der Waals surface area contributed by atoms with Crippen molar-refractivity contribution in [1.82, 2.24) is 14.9 Å². The maximum atomic E-state index is 5.76. The van der Waals surface area contributed by atoms with Crippen molar-refractivity contribution in [2.45, 2.75) is 32.1 Å². The van der Waals surface area contributed by atoms with Crippen molar-refractivity contribution in [2.24, 2.45) is 5.92 Å². The smallest absolute Gasteiger partial charge is 0.227 e. The van der Waals surface area contributed by atoms with E-state index in [0.29, 0.717) is 5.82 Å². The second kappa shape index (κ2) is 6.39. The van der Waals surface area contributed by atoms with Crippen molar-refractivity contribution >= 4 is 11.8 Å². The van der Waals surface area contributed by atoms with E-state index in [1.54, 1.807) is 12.3 Å². The first-order valence-corrected chi connectivity index (χ1v) is 7.87. The van der Waals surface area contributed by atoms with Gasteiger partial charge in [-0.15, -0.1) is 0 Å². The molecule has 3 rings (SSSR count). The third-order valence-corrected chi connectivity index (χ3v) is 4.43. The molecule has 2 fully saturated rings. The van der Waals surface area contributed by atoms with E-state index in [0.717, 1.165) is 25.0 Å². The molecule has 0 unspecified atom stereocenters. The molecule has 1 atom stereocenters. The molecule has 1 aromatic rings. The van der Waals surface area contributed by atoms with E-state index in [-0.39, 0.29) is 0 Å². The van der Waals surface area contributed by atoms with E-state index in [1.165, 1.54) is 51.7 Å². The molecule has 5 nitrogen and oxygen atoms in total. The molecule has 3 heterocycles. The number of nitrogens with two attached hydrogens (primary N) is 1. The highest BCUT2D eigenvalue weighted by atomic mass is 15.3. The number of hydrogen-bond acceptors (Lipinski definition) is 5. The SMILES string of the molecule is Nc1ccnc(N2CCC[C@@H](CN3CCCCC3)C2)n1. The van der Waals surface area contributed by atoms with Crippen molar-refractivity contribution in [3.8, 4) is 0 Å². The summed E-state index contributed by atoms with van der Waals surface area (Å²) in [6.45, 7) is 5.93. The van der Waals surface area contributed by atoms with Crippen LogP contribution in [0.3, 0.4) is 0 Å². The van der Waals surface area contributed by atoms with Crippen LogP contribution in [0.1, 0.15) is 32.1 Å². The average Bonchev–Trinajstić information content (AvgIpc) is 2.49. The molecule has 0 aromatic carbocycles. The third-order valence-electron chi connectivity index (χ3n) is 4.43. The minimum atomic E-state index is 0.563. The van der Waals surface area contributed by atoms with Crippen LogP contribution in [-0.4, -0.2) is 47.6 Å². The normalized spacial score (nSPS) is 24.8. The summed E-state index contributed by atoms with van der Waals surface area (Å²) in [5.41, 5.74) is 5.76. The van der Waals surface area contributed by atoms with E-state index < -0.39 is 0 Å². The van der Waals surface area contributed by atoms with Gasteiger partial charge in [-0.05, 0) is 50.8 Å². The lowest BCUT2D eigenvalue weighted by Crippen LogP contribution is -2.43. The molecule has 1 aromatic heterocycles. The van der Waals surface area contributed by atoms with E-state index in [4.69, 9.17) is 5.73 Å². The van der Waals surface area contributed by atoms with Crippen LogP contribution in [0.2, 0.25) is 0 Å². The molecule has 2 aliphatic rings. The fourth-order valence-corrected chi connectivity index (χ4v) is 3.42. The van der Waals surface area contributed by atoms with Crippen LogP contribution in [0.25, 0.3) is 0 Å². The highest BCUT2D eigenvalue weighted by molar-refractivity contribution is 5.38. The Hall–Kier alpha value is -1.36. The minimum absolute atomic E-state index is 0.563. The zero-order valence-corrected chi connectivity index (χ0v) is 12.2. The van der Waals surface area contributed by atoms with Crippen molar-refractivity contribution in [3.05, 3.63) is 12.3 Å². The van der Waals surface area contributed by atoms with Gasteiger partial charge in [0.05, 0.1) is 0 Å². The number of aromatic nitrogens is 2. The number of rotatable bonds is 3. The zero-order chi connectivity index (χ0) is 13.8. The molecule has 0 aliphatic carbocycles. The molecule has 5 heteroatoms. The predicted octanol–water partition coefficient (Wildman–Crippen LogP) is 1.76. The maximum Gasteiger partial charge on any atom is 0.227 e. The molecule has 2 aliphatic heterocycles. The summed E-state index contributed by atoms with van der Waals surface area (Å²) >= 11 is 0. The minimum Gasteiger partial charge on any atom is -0.384 e. The highest BCUT2D eigenvalue weighted by Gasteiger charge is 2.24. The fraction of sp³-hybridized carbons (Fsp3) is 0.733. The standard InChI is InChI=1S/C15H25N5/c16-14-6-7-17-15(18-14)20-10-4-5-13(12-20)11-19-8-2-1-3-9-19/h6-7,13H,1-5,8-12H2,(H2,16,17,18)/t13-/m0/s1. The summed E-state index contributed by atoms with van der Waals surface area (Å²) in [6.07, 6.45) is 8.46. The van der Waals surface area contributed by atoms with Crippen LogP contribution in [0.4, 0.5) is 11.8 Å². The quantitative estimate of drug-likeness (QED) is 0.911. The van der Waals surface area contributed by atoms with Crippen LogP contribution in [0, 0.1) is 5.92 Å². The molecule has 0 spiro atoms. The lowest BCUT2D eigenvalue weighted by molar-refractivity contribution is 0.185. The van der Waals surface area contributed by atoms with Crippen LogP contribution in [-0.2, 0) is 0 Å². The fourth-order valence-electron chi connectivity index (χ4n) is 3.42. The molecule has 110 valence electrons. The van der Waals surface area contributed by atoms with Crippen LogP contribution in [0.5, 0.6) is 0 Å². The Kier molecular flexibility index (Phi) is 4.35. The Morgan fingerprint density at radius 2 is 2.00 bits per heavy atom. The Labute approximate surface area is 121 Å². The second-order valence-electron chi connectivity index (χ2n) is 6.10. The van der Waals surface area contributed by atoms with Crippen molar-refractivity contribution in [3.63, 3.8) is 0 Å². The van der Waals surface area contributed by atoms with Gasteiger partial charge in [0.15, 0.2) is 0 Å². The molecule has 0 radical (unpaired) electrons. The van der Waals surface area contributed by atoms with Gasteiger partial charge in [-0.2, -0.15) is 4.98 Å². The second-order valence-corrected chi connectivity index (χ2v) is 6.10. The van der Waals surface area contributed by atoms with Gasteiger partial charge in [0.1, 0.15) is 5.82 Å². The number of anilines is 2. The van der Waals surface area contributed by atoms with Crippen molar-refractivity contribution < 1.29 is 0 Å². The molecule has 0 bridgehead atoms. The first-order valence-electron chi connectivity index (χ1n) is 7.87. The lowest BCUT2D eigenvalue weighted by Gasteiger charge is -2.36. The molecular weight excluding hydrogens is 250 g/mol. The summed E-state index contributed by atoms with van der Waals surface area (Å²) < 4.78 is 0. The van der Waals surface area contributed by atoms with E-state index in [9.17, 15) is 0 Å². The molecule has 2 N–H and O–H groups in total. The van der Waals surface area contributed by atoms with Gasteiger partial charge in [-0.3, -0.25) is 0 Å². The Morgan fingerprint density at radius 1 is 1.15 bits per heavy atom. The number of hydrogen-bond donors (Lipinski definition) is 1. The third kappa shape index (κ3) is 3.39. The largest absolute Gasteiger partial charge is 0.384 e. The molecule has 0 saturated carbocycles. The molecule has 0 amide bonds. The summed E-state index contributed by atoms with van der Waals surface area (Å²) in [4.78, 5) is 13.7. The van der Waals surface area contributed by atoms with E-state index in [2.05, 4.69) is 19.8 Å². The summed E-state index contributed by atoms with van der Waals surface area (Å²) in [7, 11) is 0. The summed E-state index contributed by atoms with van der Waals surface area (Å²) in [6, 6.07) is 1.75. The average molecular weight is 275 g/mol. The molecular formula is C15H25N5. The van der Waals surface area contributed by atoms with E-state index in [1.807, 2.05) is 0 Å². The zero-order valence-electron chi connectivity index (χ0n) is 12.2. The van der Waals surface area contributed by atoms with Gasteiger partial charge < -0.3 is 15.5 Å². The van der Waals surface area contributed by atoms with E-state index >= 15 is 0 Å². The number of nitrogens with zero attached hydrogens (tertiary/aromatic N) is 4.